The van der Waals surface area contributed by atoms with Crippen LogP contribution in [0.1, 0.15) is 5.56 Å². The summed E-state index contributed by atoms with van der Waals surface area (Å²) in [5.41, 5.74) is 2.05. The van der Waals surface area contributed by atoms with Gasteiger partial charge in [-0.3, -0.25) is 0 Å². The molecule has 0 aliphatic heterocycles. The van der Waals surface area contributed by atoms with Gasteiger partial charge in [0.25, 0.3) is 0 Å². The molecule has 0 radical (unpaired) electrons. The zero-order valence-electron chi connectivity index (χ0n) is 7.20. The van der Waals surface area contributed by atoms with Crippen LogP contribution in [0.5, 0.6) is 0 Å². The van der Waals surface area contributed by atoms with Crippen LogP contribution in [0.3, 0.4) is 0 Å². The molecule has 3 nitrogen and oxygen atoms in total. The SMILES string of the molecule is COCc1cc2nccn2cc1Br. The van der Waals surface area contributed by atoms with E-state index >= 15 is 0 Å². The van der Waals surface area contributed by atoms with Gasteiger partial charge in [-0.05, 0) is 27.6 Å². The topological polar surface area (TPSA) is 26.5 Å². The van der Waals surface area contributed by atoms with E-state index < -0.39 is 0 Å². The van der Waals surface area contributed by atoms with E-state index in [1.807, 2.05) is 22.9 Å². The van der Waals surface area contributed by atoms with Crippen molar-refractivity contribution in [3.63, 3.8) is 0 Å². The lowest BCUT2D eigenvalue weighted by Crippen LogP contribution is -1.92. The second-order valence-corrected chi connectivity index (χ2v) is 3.63. The molecule has 0 aliphatic rings. The predicted octanol–water partition coefficient (Wildman–Crippen LogP) is 2.24. The first-order chi connectivity index (χ1) is 6.31. The molecule has 4 heteroatoms. The van der Waals surface area contributed by atoms with Crippen molar-refractivity contribution in [1.82, 2.24) is 9.38 Å². The van der Waals surface area contributed by atoms with Gasteiger partial charge in [-0.1, -0.05) is 0 Å². The van der Waals surface area contributed by atoms with E-state index in [0.29, 0.717) is 6.61 Å². The van der Waals surface area contributed by atoms with Crippen LogP contribution < -0.4 is 0 Å². The lowest BCUT2D eigenvalue weighted by Gasteiger charge is -2.03. The molecule has 0 spiro atoms. The monoisotopic (exact) mass is 240 g/mol. The molecule has 0 N–H and O–H groups in total. The molecule has 13 heavy (non-hydrogen) atoms. The summed E-state index contributed by atoms with van der Waals surface area (Å²) in [5.74, 6) is 0. The van der Waals surface area contributed by atoms with Crippen molar-refractivity contribution in [1.29, 1.82) is 0 Å². The van der Waals surface area contributed by atoms with Crippen LogP contribution in [0.15, 0.2) is 29.1 Å². The summed E-state index contributed by atoms with van der Waals surface area (Å²) < 4.78 is 8.07. The van der Waals surface area contributed by atoms with Gasteiger partial charge < -0.3 is 9.14 Å². The van der Waals surface area contributed by atoms with E-state index in [1.165, 1.54) is 0 Å². The van der Waals surface area contributed by atoms with Gasteiger partial charge in [-0.25, -0.2) is 4.98 Å². The maximum atomic E-state index is 5.07. The Bertz CT molecular complexity index is 424. The Kier molecular flexibility index (Phi) is 2.33. The van der Waals surface area contributed by atoms with Crippen LogP contribution in [-0.4, -0.2) is 16.5 Å². The fourth-order valence-corrected chi connectivity index (χ4v) is 1.69. The number of halogens is 1. The molecule has 2 aromatic heterocycles. The highest BCUT2D eigenvalue weighted by Gasteiger charge is 2.02. The van der Waals surface area contributed by atoms with Crippen molar-refractivity contribution in [2.45, 2.75) is 6.61 Å². The highest BCUT2D eigenvalue weighted by atomic mass is 79.9. The summed E-state index contributed by atoms with van der Waals surface area (Å²) in [5, 5.41) is 0. The smallest absolute Gasteiger partial charge is 0.137 e. The highest BCUT2D eigenvalue weighted by molar-refractivity contribution is 9.10. The molecule has 0 amide bonds. The average molecular weight is 241 g/mol. The van der Waals surface area contributed by atoms with E-state index in [0.717, 1.165) is 15.7 Å². The summed E-state index contributed by atoms with van der Waals surface area (Å²) in [6.07, 6.45) is 5.67. The van der Waals surface area contributed by atoms with Crippen LogP contribution >= 0.6 is 15.9 Å². The zero-order chi connectivity index (χ0) is 9.26. The van der Waals surface area contributed by atoms with Crippen LogP contribution in [0.4, 0.5) is 0 Å². The van der Waals surface area contributed by atoms with Crippen LogP contribution in [0.25, 0.3) is 5.65 Å². The number of imidazole rings is 1. The van der Waals surface area contributed by atoms with Gasteiger partial charge in [0.15, 0.2) is 0 Å². The number of nitrogens with zero attached hydrogens (tertiary/aromatic N) is 2. The molecule has 0 saturated heterocycles. The number of ether oxygens (including phenoxy) is 1. The van der Waals surface area contributed by atoms with Crippen molar-refractivity contribution >= 4 is 21.6 Å². The van der Waals surface area contributed by atoms with Gasteiger partial charge in [0, 0.05) is 30.2 Å². The molecule has 2 aromatic rings. The predicted molar refractivity (Wildman–Crippen MR) is 53.6 cm³/mol. The Morgan fingerprint density at radius 3 is 3.23 bits per heavy atom. The molecule has 0 atom stereocenters. The van der Waals surface area contributed by atoms with Crippen LogP contribution in [0, 0.1) is 0 Å². The standard InChI is InChI=1S/C9H9BrN2O/c1-13-6-7-4-9-11-2-3-12(9)5-8(7)10/h2-5H,6H2,1H3. The number of rotatable bonds is 2. The Morgan fingerprint density at radius 1 is 1.62 bits per heavy atom. The minimum absolute atomic E-state index is 0.601. The van der Waals surface area contributed by atoms with E-state index in [1.54, 1.807) is 13.3 Å². The molecule has 0 saturated carbocycles. The van der Waals surface area contributed by atoms with Gasteiger partial charge in [0.1, 0.15) is 5.65 Å². The summed E-state index contributed by atoms with van der Waals surface area (Å²) in [6, 6.07) is 2.01. The minimum atomic E-state index is 0.601. The van der Waals surface area contributed by atoms with Crippen LogP contribution in [-0.2, 0) is 11.3 Å². The molecule has 0 fully saturated rings. The third-order valence-electron chi connectivity index (χ3n) is 1.86. The fraction of sp³-hybridized carbons (Fsp3) is 0.222. The average Bonchev–Trinajstić information content (AvgIpc) is 2.52. The first-order valence-electron chi connectivity index (χ1n) is 3.91. The Balaban J connectivity index is 2.56. The van der Waals surface area contributed by atoms with Gasteiger partial charge >= 0.3 is 0 Å². The van der Waals surface area contributed by atoms with E-state index in [9.17, 15) is 0 Å². The first kappa shape index (κ1) is 8.72. The second kappa shape index (κ2) is 3.47. The Hall–Kier alpha value is -0.870. The quantitative estimate of drug-likeness (QED) is 0.806. The van der Waals surface area contributed by atoms with Crippen molar-refractivity contribution in [3.05, 3.63) is 34.7 Å². The molecule has 0 unspecified atom stereocenters. The van der Waals surface area contributed by atoms with Crippen molar-refractivity contribution < 1.29 is 4.74 Å². The first-order valence-corrected chi connectivity index (χ1v) is 4.70. The Labute approximate surface area is 84.5 Å². The third-order valence-corrected chi connectivity index (χ3v) is 2.58. The molecular weight excluding hydrogens is 232 g/mol. The summed E-state index contributed by atoms with van der Waals surface area (Å²) in [7, 11) is 1.68. The summed E-state index contributed by atoms with van der Waals surface area (Å²) >= 11 is 3.47. The fourth-order valence-electron chi connectivity index (χ4n) is 1.24. The second-order valence-electron chi connectivity index (χ2n) is 2.77. The largest absolute Gasteiger partial charge is 0.380 e. The number of fused-ring (bicyclic) bond motifs is 1. The molecule has 2 heterocycles. The van der Waals surface area contributed by atoms with Crippen molar-refractivity contribution in [3.8, 4) is 0 Å². The minimum Gasteiger partial charge on any atom is -0.380 e. The molecule has 0 bridgehead atoms. The number of hydrogen-bond acceptors (Lipinski definition) is 2. The number of methoxy groups -OCH3 is 1. The van der Waals surface area contributed by atoms with Gasteiger partial charge in [-0.15, -0.1) is 0 Å². The van der Waals surface area contributed by atoms with E-state index in [2.05, 4.69) is 20.9 Å². The van der Waals surface area contributed by atoms with Crippen molar-refractivity contribution in [2.75, 3.05) is 7.11 Å². The van der Waals surface area contributed by atoms with Crippen molar-refractivity contribution in [2.24, 2.45) is 0 Å². The van der Waals surface area contributed by atoms with E-state index in [-0.39, 0.29) is 0 Å². The molecule has 68 valence electrons. The lowest BCUT2D eigenvalue weighted by atomic mass is 10.3. The van der Waals surface area contributed by atoms with Gasteiger partial charge in [-0.2, -0.15) is 0 Å². The maximum Gasteiger partial charge on any atom is 0.137 e. The molecule has 0 aliphatic carbocycles. The van der Waals surface area contributed by atoms with Gasteiger partial charge in [0.2, 0.25) is 0 Å². The van der Waals surface area contributed by atoms with Crippen LogP contribution in [0.2, 0.25) is 0 Å². The highest BCUT2D eigenvalue weighted by Crippen LogP contribution is 2.18. The lowest BCUT2D eigenvalue weighted by molar-refractivity contribution is 0.184. The van der Waals surface area contributed by atoms with E-state index in [4.69, 9.17) is 4.74 Å². The molecule has 2 rings (SSSR count). The number of hydrogen-bond donors (Lipinski definition) is 0. The molecular formula is C9H9BrN2O. The maximum absolute atomic E-state index is 5.07. The normalized spacial score (nSPS) is 10.9. The summed E-state index contributed by atoms with van der Waals surface area (Å²) in [4.78, 5) is 4.19. The number of pyridine rings is 1. The number of aromatic nitrogens is 2. The summed E-state index contributed by atoms with van der Waals surface area (Å²) in [6.45, 7) is 0.601. The Morgan fingerprint density at radius 2 is 2.46 bits per heavy atom. The zero-order valence-corrected chi connectivity index (χ0v) is 8.78. The molecule has 0 aromatic carbocycles. The third kappa shape index (κ3) is 1.59. The van der Waals surface area contributed by atoms with Gasteiger partial charge in [0.05, 0.1) is 6.61 Å².